The molecule has 0 radical (unpaired) electrons. The molecule has 0 amide bonds. The Hall–Kier alpha value is -0.180. The summed E-state index contributed by atoms with van der Waals surface area (Å²) in [5, 5.41) is 0. The van der Waals surface area contributed by atoms with E-state index in [1.807, 2.05) is 0 Å². The van der Waals surface area contributed by atoms with Crippen molar-refractivity contribution >= 4 is 64.8 Å². The van der Waals surface area contributed by atoms with Gasteiger partial charge in [-0.3, -0.25) is 4.72 Å². The number of nitrogens with one attached hydrogen (secondary N) is 1. The van der Waals surface area contributed by atoms with E-state index < -0.39 is 10.0 Å². The average molecular weight is 388 g/mol. The third kappa shape index (κ3) is 4.36. The van der Waals surface area contributed by atoms with Crippen LogP contribution in [0.5, 0.6) is 0 Å². The molecular formula is C8H8Br2N2O2S2. The van der Waals surface area contributed by atoms with Crippen LogP contribution in [-0.4, -0.2) is 19.2 Å². The maximum absolute atomic E-state index is 11.5. The Morgan fingerprint density at radius 2 is 2.06 bits per heavy atom. The first-order valence-corrected chi connectivity index (χ1v) is 7.68. The molecule has 1 aromatic carbocycles. The molecule has 0 unspecified atom stereocenters. The monoisotopic (exact) mass is 386 g/mol. The van der Waals surface area contributed by atoms with Gasteiger partial charge >= 0.3 is 0 Å². The van der Waals surface area contributed by atoms with Gasteiger partial charge in [0.15, 0.2) is 0 Å². The number of sulfonamides is 1. The highest BCUT2D eigenvalue weighted by Gasteiger charge is 2.13. The quantitative estimate of drug-likeness (QED) is 0.777. The molecule has 0 aromatic heterocycles. The number of benzene rings is 1. The fraction of sp³-hybridized carbons (Fsp3) is 0.125. The molecule has 88 valence electrons. The lowest BCUT2D eigenvalue weighted by atomic mass is 10.3. The number of nitrogens with two attached hydrogens (primary N) is 1. The molecule has 16 heavy (non-hydrogen) atoms. The third-order valence-corrected chi connectivity index (χ3v) is 4.23. The van der Waals surface area contributed by atoms with Crippen molar-refractivity contribution in [2.24, 2.45) is 5.73 Å². The lowest BCUT2D eigenvalue weighted by Gasteiger charge is -2.09. The number of thiocarbonyl (C=S) groups is 1. The van der Waals surface area contributed by atoms with Gasteiger partial charge in [-0.1, -0.05) is 28.1 Å². The van der Waals surface area contributed by atoms with Gasteiger partial charge in [0.05, 0.1) is 10.7 Å². The number of hydrogen-bond donors (Lipinski definition) is 2. The van der Waals surface area contributed by atoms with Gasteiger partial charge < -0.3 is 5.73 Å². The number of rotatable bonds is 4. The maximum Gasteiger partial charge on any atom is 0.239 e. The van der Waals surface area contributed by atoms with Gasteiger partial charge in [0.25, 0.3) is 0 Å². The summed E-state index contributed by atoms with van der Waals surface area (Å²) in [5.74, 6) is -0.370. The van der Waals surface area contributed by atoms with Crippen molar-refractivity contribution in [3.8, 4) is 0 Å². The van der Waals surface area contributed by atoms with Crippen LogP contribution in [0.4, 0.5) is 5.69 Å². The molecular weight excluding hydrogens is 380 g/mol. The first kappa shape index (κ1) is 13.9. The zero-order valence-corrected chi connectivity index (χ0v) is 12.7. The molecule has 4 nitrogen and oxygen atoms in total. The van der Waals surface area contributed by atoms with E-state index >= 15 is 0 Å². The maximum atomic E-state index is 11.5. The van der Waals surface area contributed by atoms with Crippen LogP contribution >= 0.6 is 44.1 Å². The van der Waals surface area contributed by atoms with Crippen LogP contribution in [0.3, 0.4) is 0 Å². The smallest absolute Gasteiger partial charge is 0.239 e. The van der Waals surface area contributed by atoms with Crippen LogP contribution in [0.2, 0.25) is 0 Å². The predicted molar refractivity (Wildman–Crippen MR) is 76.0 cm³/mol. The number of halogens is 2. The lowest BCUT2D eigenvalue weighted by molar-refractivity contribution is 0.605. The molecule has 0 saturated heterocycles. The van der Waals surface area contributed by atoms with Crippen molar-refractivity contribution in [3.63, 3.8) is 0 Å². The van der Waals surface area contributed by atoms with Gasteiger partial charge in [-0.05, 0) is 34.1 Å². The van der Waals surface area contributed by atoms with E-state index in [2.05, 4.69) is 48.8 Å². The summed E-state index contributed by atoms with van der Waals surface area (Å²) in [6, 6.07) is 5.09. The Labute approximate surface area is 116 Å². The van der Waals surface area contributed by atoms with Gasteiger partial charge in [-0.2, -0.15) is 0 Å². The molecule has 0 fully saturated rings. The van der Waals surface area contributed by atoms with Crippen molar-refractivity contribution in [2.45, 2.75) is 0 Å². The Morgan fingerprint density at radius 3 is 2.56 bits per heavy atom. The zero-order valence-electron chi connectivity index (χ0n) is 7.91. The molecule has 0 heterocycles. The highest BCUT2D eigenvalue weighted by molar-refractivity contribution is 9.11. The van der Waals surface area contributed by atoms with Crippen molar-refractivity contribution in [1.29, 1.82) is 0 Å². The molecule has 0 aliphatic carbocycles. The van der Waals surface area contributed by atoms with Gasteiger partial charge in [0, 0.05) is 8.95 Å². The standard InChI is InChI=1S/C8H8Br2N2O2S2/c9-5-1-2-7(6(10)3-5)12-16(13,14)4-8(11)15/h1-3,12H,4H2,(H2,11,15). The highest BCUT2D eigenvalue weighted by atomic mass is 79.9. The van der Waals surface area contributed by atoms with E-state index in [0.29, 0.717) is 10.2 Å². The molecule has 0 atom stereocenters. The molecule has 0 aliphatic rings. The summed E-state index contributed by atoms with van der Waals surface area (Å²) >= 11 is 11.1. The van der Waals surface area contributed by atoms with E-state index in [0.717, 1.165) is 4.47 Å². The summed E-state index contributed by atoms with van der Waals surface area (Å²) < 4.78 is 26.9. The number of anilines is 1. The second-order valence-electron chi connectivity index (χ2n) is 2.95. The summed E-state index contributed by atoms with van der Waals surface area (Å²) in [6.45, 7) is 0. The summed E-state index contributed by atoms with van der Waals surface area (Å²) in [6.07, 6.45) is 0. The van der Waals surface area contributed by atoms with Crippen LogP contribution in [0, 0.1) is 0 Å². The molecule has 0 spiro atoms. The van der Waals surface area contributed by atoms with Crippen LogP contribution in [0.1, 0.15) is 0 Å². The minimum atomic E-state index is -3.53. The Bertz CT molecular complexity index is 517. The van der Waals surface area contributed by atoms with Crippen LogP contribution in [0.25, 0.3) is 0 Å². The molecule has 1 rings (SSSR count). The second kappa shape index (κ2) is 5.44. The summed E-state index contributed by atoms with van der Waals surface area (Å²) in [7, 11) is -3.53. The van der Waals surface area contributed by atoms with Crippen LogP contribution in [0.15, 0.2) is 27.1 Å². The Balaban J connectivity index is 2.92. The Morgan fingerprint density at radius 1 is 1.44 bits per heavy atom. The normalized spacial score (nSPS) is 11.1. The molecule has 1 aromatic rings. The first-order chi connectivity index (χ1) is 7.30. The fourth-order valence-electron chi connectivity index (χ4n) is 0.963. The predicted octanol–water partition coefficient (Wildman–Crippen LogP) is 2.24. The second-order valence-corrected chi connectivity index (χ2v) is 6.97. The first-order valence-electron chi connectivity index (χ1n) is 4.04. The topological polar surface area (TPSA) is 72.2 Å². The van der Waals surface area contributed by atoms with Gasteiger partial charge in [-0.15, -0.1) is 0 Å². The van der Waals surface area contributed by atoms with E-state index in [-0.39, 0.29) is 10.7 Å². The minimum Gasteiger partial charge on any atom is -0.392 e. The van der Waals surface area contributed by atoms with Gasteiger partial charge in [0.1, 0.15) is 5.75 Å². The number of hydrogen-bond acceptors (Lipinski definition) is 3. The average Bonchev–Trinajstić information content (AvgIpc) is 2.07. The van der Waals surface area contributed by atoms with E-state index in [1.165, 1.54) is 0 Å². The van der Waals surface area contributed by atoms with Crippen LogP contribution in [-0.2, 0) is 10.0 Å². The summed E-state index contributed by atoms with van der Waals surface area (Å²) in [5.41, 5.74) is 5.63. The fourth-order valence-corrected chi connectivity index (χ4v) is 3.67. The van der Waals surface area contributed by atoms with Crippen molar-refractivity contribution in [2.75, 3.05) is 10.5 Å². The lowest BCUT2D eigenvalue weighted by Crippen LogP contribution is -2.26. The van der Waals surface area contributed by atoms with Crippen molar-refractivity contribution < 1.29 is 8.42 Å². The zero-order chi connectivity index (χ0) is 12.3. The highest BCUT2D eigenvalue weighted by Crippen LogP contribution is 2.26. The third-order valence-electron chi connectivity index (χ3n) is 1.53. The van der Waals surface area contributed by atoms with Gasteiger partial charge in [-0.25, -0.2) is 8.42 Å². The van der Waals surface area contributed by atoms with Crippen LogP contribution < -0.4 is 10.5 Å². The molecule has 0 bridgehead atoms. The summed E-state index contributed by atoms with van der Waals surface area (Å²) in [4.78, 5) is -0.0688. The van der Waals surface area contributed by atoms with E-state index in [9.17, 15) is 8.42 Å². The van der Waals surface area contributed by atoms with Gasteiger partial charge in [0.2, 0.25) is 10.0 Å². The Kier molecular flexibility index (Phi) is 4.72. The van der Waals surface area contributed by atoms with Crippen molar-refractivity contribution in [3.05, 3.63) is 27.1 Å². The minimum absolute atomic E-state index is 0.0688. The largest absolute Gasteiger partial charge is 0.392 e. The SMILES string of the molecule is NC(=S)CS(=O)(=O)Nc1ccc(Br)cc1Br. The van der Waals surface area contributed by atoms with E-state index in [4.69, 9.17) is 5.73 Å². The molecule has 8 heteroatoms. The van der Waals surface area contributed by atoms with E-state index in [1.54, 1.807) is 18.2 Å². The molecule has 3 N–H and O–H groups in total. The molecule has 0 saturated carbocycles. The molecule has 0 aliphatic heterocycles. The van der Waals surface area contributed by atoms with Crippen molar-refractivity contribution in [1.82, 2.24) is 0 Å².